The maximum Gasteiger partial charge on any atom is 0.410 e. The third kappa shape index (κ3) is 4.64. The third-order valence-corrected chi connectivity index (χ3v) is 6.56. The fraction of sp³-hybridized carbons (Fsp3) is 0.353. The molecule has 1 aromatic carbocycles. The van der Waals surface area contributed by atoms with Crippen molar-refractivity contribution >= 4 is 38.3 Å². The van der Waals surface area contributed by atoms with Crippen LogP contribution in [-0.2, 0) is 32.3 Å². The molecule has 0 unspecified atom stereocenters. The van der Waals surface area contributed by atoms with Crippen molar-refractivity contribution < 1.29 is 22.7 Å². The molecule has 1 aliphatic heterocycles. The lowest BCUT2D eigenvalue weighted by molar-refractivity contribution is -0.113. The topological polar surface area (TPSA) is 106 Å². The zero-order valence-electron chi connectivity index (χ0n) is 14.7. The molecule has 10 heteroatoms. The van der Waals surface area contributed by atoms with E-state index in [1.807, 2.05) is 0 Å². The van der Waals surface area contributed by atoms with E-state index >= 15 is 0 Å². The number of aromatic nitrogens is 1. The molecule has 0 radical (unpaired) electrons. The number of thiazole rings is 1. The molecule has 0 saturated carbocycles. The van der Waals surface area contributed by atoms with Crippen LogP contribution in [0.1, 0.15) is 17.5 Å². The molecule has 0 aliphatic carbocycles. The predicted molar refractivity (Wildman–Crippen MR) is 100 cm³/mol. The molecule has 0 saturated heterocycles. The zero-order valence-corrected chi connectivity index (χ0v) is 16.3. The number of sulfone groups is 1. The second-order valence-corrected chi connectivity index (χ2v) is 8.95. The van der Waals surface area contributed by atoms with Gasteiger partial charge in [0.2, 0.25) is 5.91 Å². The Morgan fingerprint density at radius 3 is 2.74 bits per heavy atom. The summed E-state index contributed by atoms with van der Waals surface area (Å²) in [7, 11) is -3.71. The highest BCUT2D eigenvalue weighted by Gasteiger charge is 2.26. The molecule has 0 fully saturated rings. The number of nitrogens with one attached hydrogen (secondary N) is 1. The molecular weight excluding hydrogens is 390 g/mol. The number of hydrogen-bond donors (Lipinski definition) is 1. The SMILES string of the molecule is CCOC(=O)N1CCc2nc(NC(=O)CS(=O)(=O)c3ccccc3)sc2C1. The van der Waals surface area contributed by atoms with Gasteiger partial charge in [0.25, 0.3) is 0 Å². The van der Waals surface area contributed by atoms with Crippen LogP contribution >= 0.6 is 11.3 Å². The molecule has 0 spiro atoms. The summed E-state index contributed by atoms with van der Waals surface area (Å²) in [6, 6.07) is 7.83. The molecule has 1 aromatic heterocycles. The summed E-state index contributed by atoms with van der Waals surface area (Å²) in [6.07, 6.45) is 0.180. The highest BCUT2D eigenvalue weighted by molar-refractivity contribution is 7.92. The number of carbonyl (C=O) groups excluding carboxylic acids is 2. The molecule has 0 atom stereocenters. The summed E-state index contributed by atoms with van der Waals surface area (Å²) in [6.45, 7) is 2.91. The molecule has 144 valence electrons. The number of hydrogen-bond acceptors (Lipinski definition) is 7. The number of nitrogens with zero attached hydrogens (tertiary/aromatic N) is 2. The van der Waals surface area contributed by atoms with Gasteiger partial charge in [0.05, 0.1) is 23.7 Å². The van der Waals surface area contributed by atoms with E-state index in [0.717, 1.165) is 10.6 Å². The minimum absolute atomic E-state index is 0.101. The molecule has 2 amide bonds. The van der Waals surface area contributed by atoms with Crippen molar-refractivity contribution in [2.75, 3.05) is 24.2 Å². The van der Waals surface area contributed by atoms with Crippen LogP contribution in [-0.4, -0.2) is 49.2 Å². The summed E-state index contributed by atoms with van der Waals surface area (Å²) in [5, 5.41) is 2.88. The van der Waals surface area contributed by atoms with Crippen LogP contribution in [0.5, 0.6) is 0 Å². The van der Waals surface area contributed by atoms with Crippen LogP contribution in [0.15, 0.2) is 35.2 Å². The van der Waals surface area contributed by atoms with Crippen molar-refractivity contribution in [2.45, 2.75) is 24.8 Å². The number of amides is 2. The first-order valence-corrected chi connectivity index (χ1v) is 10.8. The highest BCUT2D eigenvalue weighted by atomic mass is 32.2. The molecule has 2 aromatic rings. The van der Waals surface area contributed by atoms with Gasteiger partial charge in [0, 0.05) is 17.8 Å². The van der Waals surface area contributed by atoms with Gasteiger partial charge in [-0.2, -0.15) is 0 Å². The van der Waals surface area contributed by atoms with E-state index in [0.29, 0.717) is 31.2 Å². The zero-order chi connectivity index (χ0) is 19.4. The van der Waals surface area contributed by atoms with Crippen LogP contribution in [0.2, 0.25) is 0 Å². The van der Waals surface area contributed by atoms with E-state index < -0.39 is 21.5 Å². The Morgan fingerprint density at radius 1 is 1.30 bits per heavy atom. The summed E-state index contributed by atoms with van der Waals surface area (Å²) in [5.41, 5.74) is 0.807. The van der Waals surface area contributed by atoms with Crippen LogP contribution in [0.3, 0.4) is 0 Å². The Hall–Kier alpha value is -2.46. The van der Waals surface area contributed by atoms with Gasteiger partial charge >= 0.3 is 6.09 Å². The molecule has 1 aliphatic rings. The maximum absolute atomic E-state index is 12.3. The second kappa shape index (κ2) is 8.05. The Morgan fingerprint density at radius 2 is 2.04 bits per heavy atom. The largest absolute Gasteiger partial charge is 0.450 e. The van der Waals surface area contributed by atoms with Crippen molar-refractivity contribution in [3.63, 3.8) is 0 Å². The van der Waals surface area contributed by atoms with Gasteiger partial charge in [-0.05, 0) is 19.1 Å². The molecule has 2 heterocycles. The number of benzene rings is 1. The van der Waals surface area contributed by atoms with Crippen LogP contribution < -0.4 is 5.32 Å². The fourth-order valence-corrected chi connectivity index (χ4v) is 4.85. The Bertz CT molecular complexity index is 941. The summed E-state index contributed by atoms with van der Waals surface area (Å²) in [4.78, 5) is 30.9. The van der Waals surface area contributed by atoms with Crippen molar-refractivity contribution in [3.8, 4) is 0 Å². The van der Waals surface area contributed by atoms with Gasteiger partial charge in [0.15, 0.2) is 15.0 Å². The van der Waals surface area contributed by atoms with Gasteiger partial charge in [0.1, 0.15) is 5.75 Å². The first-order valence-electron chi connectivity index (χ1n) is 8.37. The minimum Gasteiger partial charge on any atom is -0.450 e. The standard InChI is InChI=1S/C17H19N3O5S2/c1-2-25-17(22)20-9-8-13-14(10-20)26-16(18-13)19-15(21)11-27(23,24)12-6-4-3-5-7-12/h3-7H,2,8-11H2,1H3,(H,18,19,21). The van der Waals surface area contributed by atoms with Gasteiger partial charge in [-0.25, -0.2) is 18.2 Å². The Balaban J connectivity index is 1.64. The van der Waals surface area contributed by atoms with Crippen molar-refractivity contribution in [1.29, 1.82) is 0 Å². The molecule has 3 rings (SSSR count). The lowest BCUT2D eigenvalue weighted by atomic mass is 10.2. The summed E-state index contributed by atoms with van der Waals surface area (Å²) in [5.74, 6) is -1.30. The summed E-state index contributed by atoms with van der Waals surface area (Å²) >= 11 is 1.24. The predicted octanol–water partition coefficient (Wildman–Crippen LogP) is 2.07. The number of fused-ring (bicyclic) bond motifs is 1. The lowest BCUT2D eigenvalue weighted by Gasteiger charge is -2.24. The van der Waals surface area contributed by atoms with Gasteiger partial charge in [-0.1, -0.05) is 29.5 Å². The third-order valence-electron chi connectivity index (χ3n) is 3.93. The number of carbonyl (C=O) groups is 2. The van der Waals surface area contributed by atoms with Gasteiger partial charge < -0.3 is 15.0 Å². The molecule has 27 heavy (non-hydrogen) atoms. The van der Waals surface area contributed by atoms with Crippen molar-refractivity contribution in [1.82, 2.24) is 9.88 Å². The van der Waals surface area contributed by atoms with E-state index in [2.05, 4.69) is 10.3 Å². The second-order valence-electron chi connectivity index (χ2n) is 5.88. The number of rotatable bonds is 5. The smallest absolute Gasteiger partial charge is 0.410 e. The monoisotopic (exact) mass is 409 g/mol. The number of ether oxygens (including phenoxy) is 1. The van der Waals surface area contributed by atoms with Crippen molar-refractivity contribution in [3.05, 3.63) is 40.9 Å². The Kier molecular flexibility index (Phi) is 5.76. The summed E-state index contributed by atoms with van der Waals surface area (Å²) < 4.78 is 29.5. The average Bonchev–Trinajstić information content (AvgIpc) is 3.03. The van der Waals surface area contributed by atoms with Gasteiger partial charge in [-0.15, -0.1) is 0 Å². The molecule has 1 N–H and O–H groups in total. The molecular formula is C17H19N3O5S2. The van der Waals surface area contributed by atoms with Crippen LogP contribution in [0.4, 0.5) is 9.93 Å². The van der Waals surface area contributed by atoms with E-state index in [1.54, 1.807) is 30.0 Å². The molecule has 8 nitrogen and oxygen atoms in total. The first kappa shape index (κ1) is 19.3. The maximum atomic E-state index is 12.3. The average molecular weight is 409 g/mol. The van der Waals surface area contributed by atoms with E-state index in [4.69, 9.17) is 4.74 Å². The fourth-order valence-electron chi connectivity index (χ4n) is 2.66. The van der Waals surface area contributed by atoms with E-state index in [1.165, 1.54) is 23.5 Å². The van der Waals surface area contributed by atoms with Crippen molar-refractivity contribution in [2.24, 2.45) is 0 Å². The quantitative estimate of drug-likeness (QED) is 0.810. The lowest BCUT2D eigenvalue weighted by Crippen LogP contribution is -2.35. The van der Waals surface area contributed by atoms with Gasteiger partial charge in [-0.3, -0.25) is 4.79 Å². The minimum atomic E-state index is -3.71. The van der Waals surface area contributed by atoms with Crippen LogP contribution in [0.25, 0.3) is 0 Å². The number of anilines is 1. The molecule has 0 bridgehead atoms. The highest BCUT2D eigenvalue weighted by Crippen LogP contribution is 2.28. The van der Waals surface area contributed by atoms with E-state index in [-0.39, 0.29) is 11.0 Å². The first-order chi connectivity index (χ1) is 12.9. The normalized spacial score (nSPS) is 13.7. The van der Waals surface area contributed by atoms with E-state index in [9.17, 15) is 18.0 Å². The van der Waals surface area contributed by atoms with Crippen LogP contribution in [0, 0.1) is 0 Å². The Labute approximate surface area is 161 Å².